The van der Waals surface area contributed by atoms with Gasteiger partial charge in [-0.15, -0.1) is 0 Å². The Morgan fingerprint density at radius 2 is 2.38 bits per heavy atom. The third-order valence-corrected chi connectivity index (χ3v) is 5.37. The molecule has 1 saturated heterocycles. The van der Waals surface area contributed by atoms with E-state index in [2.05, 4.69) is 20.9 Å². The van der Waals surface area contributed by atoms with Gasteiger partial charge in [0.15, 0.2) is 5.16 Å². The van der Waals surface area contributed by atoms with Crippen LogP contribution in [0.5, 0.6) is 0 Å². The minimum Gasteiger partial charge on any atom is -0.383 e. The highest BCUT2D eigenvalue weighted by Crippen LogP contribution is 2.23. The standard InChI is InChI=1S/C16H19BrN2O4S/c1-21-7-5-19-15(20)13-8-11(17)2-3-14(13)18-16(19)24-9-12-4-6-22-10-23-12/h2-3,8,12H,4-7,9-10H2,1H3/t12-/m0/s1. The molecule has 0 bridgehead atoms. The van der Waals surface area contributed by atoms with Crippen LogP contribution in [-0.2, 0) is 20.8 Å². The lowest BCUT2D eigenvalue weighted by Crippen LogP contribution is -2.28. The van der Waals surface area contributed by atoms with E-state index in [0.29, 0.717) is 42.6 Å². The summed E-state index contributed by atoms with van der Waals surface area (Å²) in [7, 11) is 1.62. The molecule has 6 nitrogen and oxygen atoms in total. The SMILES string of the molecule is COCCn1c(SC[C@@H]2CCOCO2)nc2ccc(Br)cc2c1=O. The molecule has 130 valence electrons. The second kappa shape index (κ2) is 8.44. The average molecular weight is 415 g/mol. The Hall–Kier alpha value is -0.930. The molecule has 3 rings (SSSR count). The van der Waals surface area contributed by atoms with Crippen LogP contribution in [0.1, 0.15) is 6.42 Å². The normalized spacial score (nSPS) is 18.2. The zero-order valence-electron chi connectivity index (χ0n) is 13.4. The van der Waals surface area contributed by atoms with E-state index >= 15 is 0 Å². The zero-order chi connectivity index (χ0) is 16.9. The summed E-state index contributed by atoms with van der Waals surface area (Å²) >= 11 is 4.95. The van der Waals surface area contributed by atoms with Crippen molar-refractivity contribution in [3.8, 4) is 0 Å². The van der Waals surface area contributed by atoms with Gasteiger partial charge in [0.25, 0.3) is 5.56 Å². The number of ether oxygens (including phenoxy) is 3. The lowest BCUT2D eigenvalue weighted by Gasteiger charge is -2.22. The lowest BCUT2D eigenvalue weighted by atomic mass is 10.2. The van der Waals surface area contributed by atoms with Gasteiger partial charge in [0.05, 0.1) is 36.8 Å². The summed E-state index contributed by atoms with van der Waals surface area (Å²) in [5.41, 5.74) is 0.654. The van der Waals surface area contributed by atoms with E-state index in [1.165, 1.54) is 0 Å². The molecule has 0 unspecified atom stereocenters. The number of nitrogens with zero attached hydrogens (tertiary/aromatic N) is 2. The van der Waals surface area contributed by atoms with E-state index in [4.69, 9.17) is 14.2 Å². The van der Waals surface area contributed by atoms with Gasteiger partial charge in [0, 0.05) is 17.3 Å². The molecule has 0 spiro atoms. The van der Waals surface area contributed by atoms with Crippen LogP contribution < -0.4 is 5.56 Å². The van der Waals surface area contributed by atoms with Crippen LogP contribution in [0.4, 0.5) is 0 Å². The van der Waals surface area contributed by atoms with E-state index < -0.39 is 0 Å². The summed E-state index contributed by atoms with van der Waals surface area (Å²) < 4.78 is 18.4. The van der Waals surface area contributed by atoms with Crippen LogP contribution >= 0.6 is 27.7 Å². The van der Waals surface area contributed by atoms with E-state index in [9.17, 15) is 4.79 Å². The molecule has 1 aliphatic rings. The number of hydrogen-bond donors (Lipinski definition) is 0. The summed E-state index contributed by atoms with van der Waals surface area (Å²) in [4.78, 5) is 17.5. The molecule has 8 heteroatoms. The predicted molar refractivity (Wildman–Crippen MR) is 96.6 cm³/mol. The maximum atomic E-state index is 12.8. The van der Waals surface area contributed by atoms with Crippen molar-refractivity contribution in [2.45, 2.75) is 24.2 Å². The molecule has 2 aromatic rings. The maximum Gasteiger partial charge on any atom is 0.262 e. The summed E-state index contributed by atoms with van der Waals surface area (Å²) in [5.74, 6) is 0.741. The highest BCUT2D eigenvalue weighted by molar-refractivity contribution is 9.10. The van der Waals surface area contributed by atoms with Crippen molar-refractivity contribution >= 4 is 38.6 Å². The summed E-state index contributed by atoms with van der Waals surface area (Å²) in [6.45, 7) is 1.98. The van der Waals surface area contributed by atoms with Crippen molar-refractivity contribution in [3.63, 3.8) is 0 Å². The number of thioether (sulfide) groups is 1. The van der Waals surface area contributed by atoms with Gasteiger partial charge < -0.3 is 14.2 Å². The Morgan fingerprint density at radius 1 is 1.50 bits per heavy atom. The van der Waals surface area contributed by atoms with Gasteiger partial charge in [0.1, 0.15) is 6.79 Å². The minimum atomic E-state index is -0.0475. The van der Waals surface area contributed by atoms with Gasteiger partial charge in [-0.25, -0.2) is 4.98 Å². The average Bonchev–Trinajstić information content (AvgIpc) is 2.61. The Kier molecular flexibility index (Phi) is 6.29. The van der Waals surface area contributed by atoms with Gasteiger partial charge in [-0.2, -0.15) is 0 Å². The van der Waals surface area contributed by atoms with E-state index in [1.54, 1.807) is 23.4 Å². The molecule has 0 amide bonds. The number of methoxy groups -OCH3 is 1. The number of rotatable bonds is 6. The maximum absolute atomic E-state index is 12.8. The minimum absolute atomic E-state index is 0.0475. The fourth-order valence-electron chi connectivity index (χ4n) is 2.46. The van der Waals surface area contributed by atoms with Crippen molar-refractivity contribution in [2.24, 2.45) is 0 Å². The molecule has 0 aliphatic carbocycles. The van der Waals surface area contributed by atoms with Gasteiger partial charge in [0.2, 0.25) is 0 Å². The van der Waals surface area contributed by atoms with Gasteiger partial charge in [-0.3, -0.25) is 9.36 Å². The Labute approximate surface area is 152 Å². The molecular weight excluding hydrogens is 396 g/mol. The van der Waals surface area contributed by atoms with E-state index in [-0.39, 0.29) is 11.7 Å². The van der Waals surface area contributed by atoms with Crippen LogP contribution in [0.2, 0.25) is 0 Å². The quantitative estimate of drug-likeness (QED) is 0.534. The number of benzene rings is 1. The van der Waals surface area contributed by atoms with Crippen molar-refractivity contribution in [2.75, 3.05) is 32.9 Å². The first kappa shape index (κ1) is 17.9. The van der Waals surface area contributed by atoms with Gasteiger partial charge in [-0.1, -0.05) is 27.7 Å². The molecule has 0 radical (unpaired) electrons. The van der Waals surface area contributed by atoms with Crippen LogP contribution in [-0.4, -0.2) is 48.5 Å². The lowest BCUT2D eigenvalue weighted by molar-refractivity contribution is -0.130. The molecule has 1 fully saturated rings. The fourth-order valence-corrected chi connectivity index (χ4v) is 3.91. The number of aromatic nitrogens is 2. The molecule has 0 saturated carbocycles. The zero-order valence-corrected chi connectivity index (χ0v) is 15.8. The molecule has 1 atom stereocenters. The third-order valence-electron chi connectivity index (χ3n) is 3.77. The Morgan fingerprint density at radius 3 is 3.12 bits per heavy atom. The van der Waals surface area contributed by atoms with Crippen molar-refractivity contribution in [1.29, 1.82) is 0 Å². The molecule has 0 N–H and O–H groups in total. The fraction of sp³-hybridized carbons (Fsp3) is 0.500. The molecule has 1 aliphatic heterocycles. The van der Waals surface area contributed by atoms with Crippen molar-refractivity contribution in [1.82, 2.24) is 9.55 Å². The number of halogens is 1. The second-order valence-electron chi connectivity index (χ2n) is 5.42. The monoisotopic (exact) mass is 414 g/mol. The summed E-state index contributed by atoms with van der Waals surface area (Å²) in [6, 6.07) is 5.56. The summed E-state index contributed by atoms with van der Waals surface area (Å²) in [6.07, 6.45) is 0.979. The predicted octanol–water partition coefficient (Wildman–Crippen LogP) is 2.66. The third kappa shape index (κ3) is 4.18. The highest BCUT2D eigenvalue weighted by atomic mass is 79.9. The van der Waals surface area contributed by atoms with E-state index in [0.717, 1.165) is 16.6 Å². The van der Waals surface area contributed by atoms with Crippen LogP contribution in [0, 0.1) is 0 Å². The summed E-state index contributed by atoms with van der Waals surface area (Å²) in [5, 5.41) is 1.30. The largest absolute Gasteiger partial charge is 0.383 e. The number of fused-ring (bicyclic) bond motifs is 1. The first-order valence-electron chi connectivity index (χ1n) is 7.70. The van der Waals surface area contributed by atoms with E-state index in [1.807, 2.05) is 18.2 Å². The van der Waals surface area contributed by atoms with Crippen molar-refractivity contribution < 1.29 is 14.2 Å². The second-order valence-corrected chi connectivity index (χ2v) is 7.32. The first-order chi connectivity index (χ1) is 11.7. The Bertz CT molecular complexity index is 762. The first-order valence-corrected chi connectivity index (χ1v) is 9.48. The van der Waals surface area contributed by atoms with Gasteiger partial charge in [-0.05, 0) is 24.6 Å². The molecule has 24 heavy (non-hydrogen) atoms. The highest BCUT2D eigenvalue weighted by Gasteiger charge is 2.17. The smallest absolute Gasteiger partial charge is 0.262 e. The Balaban J connectivity index is 1.91. The van der Waals surface area contributed by atoms with Crippen LogP contribution in [0.3, 0.4) is 0 Å². The molecular formula is C16H19BrN2O4S. The van der Waals surface area contributed by atoms with Crippen LogP contribution in [0.25, 0.3) is 10.9 Å². The van der Waals surface area contributed by atoms with Gasteiger partial charge >= 0.3 is 0 Å². The van der Waals surface area contributed by atoms with Crippen LogP contribution in [0.15, 0.2) is 32.6 Å². The van der Waals surface area contributed by atoms with Crippen molar-refractivity contribution in [3.05, 3.63) is 33.0 Å². The topological polar surface area (TPSA) is 62.6 Å². The number of hydrogen-bond acceptors (Lipinski definition) is 6. The molecule has 1 aromatic heterocycles. The molecule has 1 aromatic carbocycles. The molecule has 2 heterocycles.